The third-order valence-corrected chi connectivity index (χ3v) is 5.59. The van der Waals surface area contributed by atoms with Gasteiger partial charge >= 0.3 is 0 Å². The number of benzene rings is 1. The topological polar surface area (TPSA) is 53.0 Å². The fourth-order valence-corrected chi connectivity index (χ4v) is 4.00. The van der Waals surface area contributed by atoms with E-state index in [1.54, 1.807) is 11.3 Å². The van der Waals surface area contributed by atoms with Crippen LogP contribution in [0.5, 0.6) is 0 Å². The molecule has 1 amide bonds. The Morgan fingerprint density at radius 2 is 2.11 bits per heavy atom. The van der Waals surface area contributed by atoms with Crippen LogP contribution < -0.4 is 0 Å². The van der Waals surface area contributed by atoms with Crippen LogP contribution in [-0.2, 0) is 11.3 Å². The summed E-state index contributed by atoms with van der Waals surface area (Å²) in [6, 6.07) is 11.8. The van der Waals surface area contributed by atoms with Gasteiger partial charge in [-0.05, 0) is 43.5 Å². The van der Waals surface area contributed by atoms with Gasteiger partial charge in [0.2, 0.25) is 0 Å². The van der Waals surface area contributed by atoms with Crippen LogP contribution in [0.4, 0.5) is 0 Å². The number of β-amino-alcohol motifs (C(OH)–C–C–N with tert-alkyl or cyclic N) is 1. The minimum atomic E-state index is -0.510. The van der Waals surface area contributed by atoms with Crippen LogP contribution in [0.2, 0.25) is 0 Å². The number of ether oxygens (including phenoxy) is 1. The van der Waals surface area contributed by atoms with Crippen molar-refractivity contribution in [1.82, 2.24) is 9.80 Å². The van der Waals surface area contributed by atoms with Gasteiger partial charge in [-0.1, -0.05) is 23.8 Å². The molecular weight excluding hydrogens is 360 g/mol. The highest BCUT2D eigenvalue weighted by molar-refractivity contribution is 7.09. The smallest absolute Gasteiger partial charge is 0.253 e. The average molecular weight is 389 g/mol. The molecule has 6 heteroatoms. The van der Waals surface area contributed by atoms with Crippen molar-refractivity contribution in [2.24, 2.45) is 0 Å². The quantitative estimate of drug-likeness (QED) is 0.793. The SMILES string of the molecule is Cc1cccc(C(=O)N2CCCN(CC(O)COCc3cccs3)CC2)c1. The maximum Gasteiger partial charge on any atom is 0.253 e. The van der Waals surface area contributed by atoms with Crippen molar-refractivity contribution in [2.75, 3.05) is 39.3 Å². The van der Waals surface area contributed by atoms with E-state index < -0.39 is 6.10 Å². The molecule has 0 spiro atoms. The summed E-state index contributed by atoms with van der Waals surface area (Å²) >= 11 is 1.66. The largest absolute Gasteiger partial charge is 0.389 e. The number of amides is 1. The second-order valence-corrected chi connectivity index (χ2v) is 8.10. The molecule has 2 aromatic rings. The van der Waals surface area contributed by atoms with Gasteiger partial charge in [0.05, 0.1) is 19.3 Å². The summed E-state index contributed by atoms with van der Waals surface area (Å²) in [6.07, 6.45) is 0.407. The number of nitrogens with zero attached hydrogens (tertiary/aromatic N) is 2. The molecule has 1 saturated heterocycles. The Bertz CT molecular complexity index is 720. The number of thiophene rings is 1. The summed E-state index contributed by atoms with van der Waals surface area (Å²) in [4.78, 5) is 18.0. The second-order valence-electron chi connectivity index (χ2n) is 7.06. The van der Waals surface area contributed by atoms with Gasteiger partial charge < -0.3 is 14.7 Å². The number of carbonyl (C=O) groups excluding carboxylic acids is 1. The number of carbonyl (C=O) groups is 1. The predicted octanol–water partition coefficient (Wildman–Crippen LogP) is 2.78. The first-order chi connectivity index (χ1) is 13.1. The molecule has 1 unspecified atom stereocenters. The van der Waals surface area contributed by atoms with Crippen LogP contribution in [-0.4, -0.2) is 66.2 Å². The molecule has 27 heavy (non-hydrogen) atoms. The molecule has 5 nitrogen and oxygen atoms in total. The summed E-state index contributed by atoms with van der Waals surface area (Å²) in [7, 11) is 0. The van der Waals surface area contributed by atoms with Gasteiger partial charge in [0.15, 0.2) is 0 Å². The van der Waals surface area contributed by atoms with Crippen LogP contribution in [0.15, 0.2) is 41.8 Å². The zero-order valence-electron chi connectivity index (χ0n) is 15.8. The zero-order valence-corrected chi connectivity index (χ0v) is 16.7. The fraction of sp³-hybridized carbons (Fsp3) is 0.476. The molecule has 0 bridgehead atoms. The highest BCUT2D eigenvalue weighted by atomic mass is 32.1. The van der Waals surface area contributed by atoms with Crippen molar-refractivity contribution in [3.8, 4) is 0 Å². The molecule has 146 valence electrons. The molecule has 1 atom stereocenters. The van der Waals surface area contributed by atoms with E-state index in [1.807, 2.05) is 53.6 Å². The maximum atomic E-state index is 12.7. The fourth-order valence-electron chi connectivity index (χ4n) is 3.36. The van der Waals surface area contributed by atoms with Gasteiger partial charge in [-0.15, -0.1) is 11.3 Å². The van der Waals surface area contributed by atoms with Gasteiger partial charge in [-0.2, -0.15) is 0 Å². The van der Waals surface area contributed by atoms with Gasteiger partial charge in [0.1, 0.15) is 0 Å². The Morgan fingerprint density at radius 3 is 2.89 bits per heavy atom. The maximum absolute atomic E-state index is 12.7. The van der Waals surface area contributed by atoms with E-state index in [1.165, 1.54) is 4.88 Å². The van der Waals surface area contributed by atoms with E-state index in [2.05, 4.69) is 4.90 Å². The molecule has 0 radical (unpaired) electrons. The lowest BCUT2D eigenvalue weighted by atomic mass is 10.1. The van der Waals surface area contributed by atoms with Crippen molar-refractivity contribution in [3.63, 3.8) is 0 Å². The molecule has 1 aliphatic heterocycles. The molecule has 0 aliphatic carbocycles. The minimum absolute atomic E-state index is 0.0976. The van der Waals surface area contributed by atoms with Crippen molar-refractivity contribution in [3.05, 3.63) is 57.8 Å². The first kappa shape index (κ1) is 20.0. The minimum Gasteiger partial charge on any atom is -0.389 e. The van der Waals surface area contributed by atoms with Crippen molar-refractivity contribution in [2.45, 2.75) is 26.1 Å². The summed E-state index contributed by atoms with van der Waals surface area (Å²) in [5, 5.41) is 12.3. The Balaban J connectivity index is 1.43. The lowest BCUT2D eigenvalue weighted by Crippen LogP contribution is -2.38. The number of aryl methyl sites for hydroxylation is 1. The summed E-state index contributed by atoms with van der Waals surface area (Å²) in [5.74, 6) is 0.0976. The summed E-state index contributed by atoms with van der Waals surface area (Å²) in [6.45, 7) is 6.58. The van der Waals surface area contributed by atoms with Crippen LogP contribution in [0.25, 0.3) is 0 Å². The van der Waals surface area contributed by atoms with E-state index >= 15 is 0 Å². The number of aliphatic hydroxyl groups is 1. The van der Waals surface area contributed by atoms with Crippen LogP contribution >= 0.6 is 11.3 Å². The highest BCUT2D eigenvalue weighted by Crippen LogP contribution is 2.12. The van der Waals surface area contributed by atoms with Crippen LogP contribution in [0.1, 0.15) is 27.2 Å². The molecule has 0 saturated carbocycles. The standard InChI is InChI=1S/C21H28N2O3S/c1-17-5-2-6-18(13-17)21(25)23-9-4-8-22(10-11-23)14-19(24)15-26-16-20-7-3-12-27-20/h2-3,5-7,12-13,19,24H,4,8-11,14-16H2,1H3. The number of aliphatic hydroxyl groups excluding tert-OH is 1. The number of hydrogen-bond donors (Lipinski definition) is 1. The molecule has 1 aromatic heterocycles. The van der Waals surface area contributed by atoms with E-state index in [-0.39, 0.29) is 5.91 Å². The monoisotopic (exact) mass is 388 g/mol. The second kappa shape index (κ2) is 9.99. The lowest BCUT2D eigenvalue weighted by molar-refractivity contribution is 0.0113. The Kier molecular flexibility index (Phi) is 7.41. The Morgan fingerprint density at radius 1 is 1.22 bits per heavy atom. The number of hydrogen-bond acceptors (Lipinski definition) is 5. The Labute approximate surface area is 165 Å². The third-order valence-electron chi connectivity index (χ3n) is 4.74. The van der Waals surface area contributed by atoms with Crippen LogP contribution in [0.3, 0.4) is 0 Å². The highest BCUT2D eigenvalue weighted by Gasteiger charge is 2.21. The lowest BCUT2D eigenvalue weighted by Gasteiger charge is -2.24. The summed E-state index contributed by atoms with van der Waals surface area (Å²) < 4.78 is 5.61. The molecule has 1 N–H and O–H groups in total. The third kappa shape index (κ3) is 6.14. The van der Waals surface area contributed by atoms with Crippen molar-refractivity contribution < 1.29 is 14.6 Å². The van der Waals surface area contributed by atoms with Gasteiger partial charge in [0.25, 0.3) is 5.91 Å². The molecule has 1 aliphatic rings. The first-order valence-corrected chi connectivity index (χ1v) is 10.4. The molecule has 1 aromatic carbocycles. The first-order valence-electron chi connectivity index (χ1n) is 9.48. The predicted molar refractivity (Wildman–Crippen MR) is 108 cm³/mol. The van der Waals surface area contributed by atoms with E-state index in [0.29, 0.717) is 26.3 Å². The van der Waals surface area contributed by atoms with Gasteiger partial charge in [0, 0.05) is 36.6 Å². The van der Waals surface area contributed by atoms with Crippen LogP contribution in [0, 0.1) is 6.92 Å². The summed E-state index contributed by atoms with van der Waals surface area (Å²) in [5.41, 5.74) is 1.86. The Hall–Kier alpha value is -1.73. The molecular formula is C21H28N2O3S. The zero-order chi connectivity index (χ0) is 19.1. The van der Waals surface area contributed by atoms with Gasteiger partial charge in [-0.25, -0.2) is 0 Å². The van der Waals surface area contributed by atoms with Gasteiger partial charge in [-0.3, -0.25) is 9.69 Å². The van der Waals surface area contributed by atoms with Crippen molar-refractivity contribution >= 4 is 17.2 Å². The van der Waals surface area contributed by atoms with Crippen molar-refractivity contribution in [1.29, 1.82) is 0 Å². The molecule has 3 rings (SSSR count). The molecule has 1 fully saturated rings. The van der Waals surface area contributed by atoms with E-state index in [9.17, 15) is 9.90 Å². The van der Waals surface area contributed by atoms with E-state index in [0.717, 1.165) is 37.2 Å². The number of rotatable bonds is 7. The van der Waals surface area contributed by atoms with E-state index in [4.69, 9.17) is 4.74 Å². The normalized spacial score (nSPS) is 16.9. The average Bonchev–Trinajstić information content (AvgIpc) is 3.06. The molecule has 2 heterocycles.